The number of hydrogen-bond donors (Lipinski definition) is 3. The molecule has 1 fully saturated rings. The summed E-state index contributed by atoms with van der Waals surface area (Å²) >= 11 is 0. The van der Waals surface area contributed by atoms with Crippen LogP contribution in [0.15, 0.2) is 41.3 Å². The molecule has 1 aliphatic heterocycles. The topological polar surface area (TPSA) is 115 Å². The first-order chi connectivity index (χ1) is 16.3. The summed E-state index contributed by atoms with van der Waals surface area (Å²) in [5, 5.41) is 6.20. The first-order valence-electron chi connectivity index (χ1n) is 11.7. The van der Waals surface area contributed by atoms with E-state index >= 15 is 0 Å². The van der Waals surface area contributed by atoms with Crippen LogP contribution < -0.4 is 21.9 Å². The lowest BCUT2D eigenvalue weighted by Gasteiger charge is -2.16. The van der Waals surface area contributed by atoms with Crippen molar-refractivity contribution in [1.29, 1.82) is 0 Å². The van der Waals surface area contributed by atoms with Crippen molar-refractivity contribution in [1.82, 2.24) is 19.9 Å². The van der Waals surface area contributed by atoms with Gasteiger partial charge in [0.05, 0.1) is 0 Å². The van der Waals surface area contributed by atoms with Gasteiger partial charge in [0, 0.05) is 36.1 Å². The molecule has 176 valence electrons. The third-order valence-electron chi connectivity index (χ3n) is 7.00. The number of carbonyl (C=O) groups excluding carboxylic acids is 1. The highest BCUT2D eigenvalue weighted by molar-refractivity contribution is 5.81. The first kappa shape index (κ1) is 22.1. The van der Waals surface area contributed by atoms with Gasteiger partial charge in [-0.1, -0.05) is 35.4 Å². The number of hydrogen-bond acceptors (Lipinski definition) is 6. The monoisotopic (exact) mass is 458 g/mol. The van der Waals surface area contributed by atoms with E-state index in [1.165, 1.54) is 11.1 Å². The van der Waals surface area contributed by atoms with E-state index in [0.717, 1.165) is 35.4 Å². The van der Waals surface area contributed by atoms with Crippen LogP contribution in [0.5, 0.6) is 0 Å². The van der Waals surface area contributed by atoms with E-state index in [4.69, 9.17) is 5.73 Å². The zero-order valence-electron chi connectivity index (χ0n) is 19.8. The van der Waals surface area contributed by atoms with E-state index in [9.17, 15) is 9.59 Å². The Labute approximate surface area is 198 Å². The second-order valence-electron chi connectivity index (χ2n) is 9.72. The summed E-state index contributed by atoms with van der Waals surface area (Å²) < 4.78 is 1.66. The number of rotatable bonds is 6. The standard InChI is InChI=1S/C26H30N6O2/c1-15-8-16(2)10-18(9-15)12-28-23-25(34)32-20(11-26(6-7-26)21(32)14-29-23)24(33)30-13-19-4-5-22(27)31-17(19)3/h4-5,8-10,14,20H,6-7,11-13H2,1-3H3,(H2,27,31)(H,28,29)(H,30,33)/t20-/m0/s1. The van der Waals surface area contributed by atoms with Gasteiger partial charge in [0.1, 0.15) is 11.9 Å². The lowest BCUT2D eigenvalue weighted by atomic mass is 9.99. The van der Waals surface area contributed by atoms with Crippen LogP contribution in [0.25, 0.3) is 0 Å². The van der Waals surface area contributed by atoms with Gasteiger partial charge in [-0.25, -0.2) is 9.97 Å². The number of nitrogens with one attached hydrogen (secondary N) is 2. The minimum atomic E-state index is -0.545. The zero-order chi connectivity index (χ0) is 24.0. The van der Waals surface area contributed by atoms with E-state index < -0.39 is 6.04 Å². The molecule has 1 atom stereocenters. The molecule has 2 aromatic heterocycles. The van der Waals surface area contributed by atoms with Gasteiger partial charge < -0.3 is 16.4 Å². The summed E-state index contributed by atoms with van der Waals surface area (Å²) in [7, 11) is 0. The predicted octanol–water partition coefficient (Wildman–Crippen LogP) is 3.05. The minimum Gasteiger partial charge on any atom is -0.384 e. The third kappa shape index (κ3) is 4.04. The summed E-state index contributed by atoms with van der Waals surface area (Å²) in [5.74, 6) is 0.569. The number of nitrogen functional groups attached to an aromatic ring is 1. The smallest absolute Gasteiger partial charge is 0.294 e. The molecular weight excluding hydrogens is 428 g/mol. The van der Waals surface area contributed by atoms with Crippen LogP contribution in [0.2, 0.25) is 0 Å². The Balaban J connectivity index is 1.37. The lowest BCUT2D eigenvalue weighted by Crippen LogP contribution is -2.36. The highest BCUT2D eigenvalue weighted by atomic mass is 16.2. The van der Waals surface area contributed by atoms with Crippen molar-refractivity contribution in [2.75, 3.05) is 11.1 Å². The van der Waals surface area contributed by atoms with Gasteiger partial charge in [-0.15, -0.1) is 0 Å². The van der Waals surface area contributed by atoms with E-state index in [1.807, 2.05) is 13.0 Å². The van der Waals surface area contributed by atoms with Crippen molar-refractivity contribution >= 4 is 17.5 Å². The maximum absolute atomic E-state index is 13.4. The van der Waals surface area contributed by atoms with Crippen LogP contribution in [0.1, 0.15) is 58.9 Å². The average molecular weight is 459 g/mol. The van der Waals surface area contributed by atoms with Crippen molar-refractivity contribution in [2.24, 2.45) is 0 Å². The third-order valence-corrected chi connectivity index (χ3v) is 7.00. The maximum Gasteiger partial charge on any atom is 0.294 e. The Bertz CT molecular complexity index is 1320. The molecule has 2 aliphatic rings. The van der Waals surface area contributed by atoms with Crippen LogP contribution in [-0.4, -0.2) is 20.4 Å². The molecule has 3 heterocycles. The SMILES string of the molecule is Cc1cc(C)cc(CNc2ncc3n(c2=O)[C@H](C(=O)NCc2ccc(N)nc2C)CC32CC2)c1. The van der Waals surface area contributed by atoms with Crippen LogP contribution in [-0.2, 0) is 23.3 Å². The van der Waals surface area contributed by atoms with Crippen molar-refractivity contribution < 1.29 is 4.79 Å². The Hall–Kier alpha value is -3.68. The number of amides is 1. The van der Waals surface area contributed by atoms with Crippen molar-refractivity contribution in [3.8, 4) is 0 Å². The number of nitrogens with two attached hydrogens (primary N) is 1. The number of aromatic nitrogens is 3. The van der Waals surface area contributed by atoms with E-state index in [-0.39, 0.29) is 22.7 Å². The van der Waals surface area contributed by atoms with Crippen molar-refractivity contribution in [3.63, 3.8) is 0 Å². The molecule has 3 aromatic rings. The molecule has 1 amide bonds. The van der Waals surface area contributed by atoms with Gasteiger partial charge in [0.15, 0.2) is 5.82 Å². The van der Waals surface area contributed by atoms with Gasteiger partial charge in [-0.05, 0) is 57.2 Å². The molecule has 0 saturated heterocycles. The number of aryl methyl sites for hydroxylation is 3. The van der Waals surface area contributed by atoms with Crippen molar-refractivity contribution in [3.05, 3.63) is 80.5 Å². The summed E-state index contributed by atoms with van der Waals surface area (Å²) in [6.07, 6.45) is 4.37. The second-order valence-corrected chi connectivity index (χ2v) is 9.72. The molecule has 0 radical (unpaired) electrons. The van der Waals surface area contributed by atoms with Gasteiger partial charge in [0.25, 0.3) is 5.56 Å². The normalized spacial score (nSPS) is 17.4. The van der Waals surface area contributed by atoms with Gasteiger partial charge in [-0.2, -0.15) is 0 Å². The predicted molar refractivity (Wildman–Crippen MR) is 132 cm³/mol. The average Bonchev–Trinajstić information content (AvgIpc) is 3.47. The fourth-order valence-corrected chi connectivity index (χ4v) is 5.13. The molecule has 0 bridgehead atoms. The molecule has 0 unspecified atom stereocenters. The molecular formula is C26H30N6O2. The van der Waals surface area contributed by atoms with Crippen LogP contribution in [0.4, 0.5) is 11.6 Å². The zero-order valence-corrected chi connectivity index (χ0v) is 19.8. The Morgan fingerprint density at radius 3 is 2.56 bits per heavy atom. The number of benzene rings is 1. The molecule has 1 spiro atoms. The number of pyridine rings is 1. The summed E-state index contributed by atoms with van der Waals surface area (Å²) in [6, 6.07) is 9.35. The first-order valence-corrected chi connectivity index (χ1v) is 11.7. The second kappa shape index (κ2) is 8.27. The van der Waals surface area contributed by atoms with Crippen LogP contribution in [0, 0.1) is 20.8 Å². The van der Waals surface area contributed by atoms with Gasteiger partial charge in [0.2, 0.25) is 5.91 Å². The number of nitrogens with zero attached hydrogens (tertiary/aromatic N) is 3. The van der Waals surface area contributed by atoms with Crippen LogP contribution in [0.3, 0.4) is 0 Å². The van der Waals surface area contributed by atoms with E-state index in [2.05, 4.69) is 52.6 Å². The summed E-state index contributed by atoms with van der Waals surface area (Å²) in [6.45, 7) is 6.81. The van der Waals surface area contributed by atoms with E-state index in [1.54, 1.807) is 16.8 Å². The molecule has 8 heteroatoms. The van der Waals surface area contributed by atoms with Crippen LogP contribution >= 0.6 is 0 Å². The highest BCUT2D eigenvalue weighted by Crippen LogP contribution is 2.57. The fraction of sp³-hybridized carbons (Fsp3) is 0.385. The summed E-state index contributed by atoms with van der Waals surface area (Å²) in [4.78, 5) is 35.4. The molecule has 34 heavy (non-hydrogen) atoms. The lowest BCUT2D eigenvalue weighted by molar-refractivity contribution is -0.124. The Morgan fingerprint density at radius 2 is 1.88 bits per heavy atom. The number of carbonyl (C=O) groups is 1. The number of anilines is 2. The summed E-state index contributed by atoms with van der Waals surface area (Å²) in [5.41, 5.74) is 11.4. The fourth-order valence-electron chi connectivity index (χ4n) is 5.13. The maximum atomic E-state index is 13.4. The van der Waals surface area contributed by atoms with Crippen molar-refractivity contribution in [2.45, 2.75) is 64.6 Å². The van der Waals surface area contributed by atoms with Gasteiger partial charge in [-0.3, -0.25) is 14.2 Å². The number of fused-ring (bicyclic) bond motifs is 2. The van der Waals surface area contributed by atoms with E-state index in [0.29, 0.717) is 25.3 Å². The molecule has 1 saturated carbocycles. The Morgan fingerprint density at radius 1 is 1.15 bits per heavy atom. The quantitative estimate of drug-likeness (QED) is 0.523. The molecule has 4 N–H and O–H groups in total. The molecule has 1 aliphatic carbocycles. The Kier molecular flexibility index (Phi) is 5.38. The molecule has 1 aromatic carbocycles. The van der Waals surface area contributed by atoms with Gasteiger partial charge >= 0.3 is 0 Å². The highest BCUT2D eigenvalue weighted by Gasteiger charge is 2.55. The minimum absolute atomic E-state index is 0.0982. The molecule has 5 rings (SSSR count). The largest absolute Gasteiger partial charge is 0.384 e. The molecule has 8 nitrogen and oxygen atoms in total.